The molecule has 2 aromatic rings. The summed E-state index contributed by atoms with van der Waals surface area (Å²) in [6, 6.07) is 13.4. The zero-order chi connectivity index (χ0) is 22.2. The highest BCUT2D eigenvalue weighted by Gasteiger charge is 2.35. The number of likely N-dealkylation sites (tertiary alicyclic amines) is 1. The minimum atomic E-state index is -3.70. The van der Waals surface area contributed by atoms with Crippen LogP contribution < -0.4 is 5.32 Å². The Labute approximate surface area is 182 Å². The van der Waals surface area contributed by atoms with E-state index < -0.39 is 15.4 Å². The third-order valence-corrected chi connectivity index (χ3v) is 7.34. The van der Waals surface area contributed by atoms with Gasteiger partial charge in [0.05, 0.1) is 5.92 Å². The third kappa shape index (κ3) is 4.21. The molecule has 6 nitrogen and oxygen atoms in total. The first kappa shape index (κ1) is 21.5. The summed E-state index contributed by atoms with van der Waals surface area (Å²) in [5.74, 6) is -0.267. The summed E-state index contributed by atoms with van der Waals surface area (Å²) in [4.78, 5) is 15.0. The number of carbonyl (C=O) groups excluding carboxylic acids is 1. The molecule has 0 saturated carbocycles. The Hall–Kier alpha value is -2.74. The van der Waals surface area contributed by atoms with Gasteiger partial charge in [-0.25, -0.2) is 4.39 Å². The zero-order valence-corrected chi connectivity index (χ0v) is 18.5. The smallest absolute Gasteiger partial charge is 0.285 e. The minimum Gasteiger partial charge on any atom is -0.355 e. The van der Waals surface area contributed by atoms with Crippen LogP contribution in [0.5, 0.6) is 0 Å². The molecule has 1 unspecified atom stereocenters. The largest absolute Gasteiger partial charge is 0.355 e. The van der Waals surface area contributed by atoms with Gasteiger partial charge in [0.15, 0.2) is 5.84 Å². The number of fused-ring (bicyclic) bond motifs is 1. The Bertz CT molecular complexity index is 1140. The molecule has 0 spiro atoms. The van der Waals surface area contributed by atoms with E-state index in [-0.39, 0.29) is 22.5 Å². The molecule has 2 aromatic carbocycles. The van der Waals surface area contributed by atoms with Gasteiger partial charge in [-0.15, -0.1) is 4.40 Å². The van der Waals surface area contributed by atoms with Crippen molar-refractivity contribution in [2.24, 2.45) is 10.3 Å². The number of hydrogen-bond acceptors (Lipinski definition) is 4. The number of sulfonamides is 1. The van der Waals surface area contributed by atoms with E-state index in [4.69, 9.17) is 0 Å². The first-order chi connectivity index (χ1) is 14.7. The normalized spacial score (nSPS) is 20.2. The molecule has 0 radical (unpaired) electrons. The number of nitrogens with zero attached hydrogens (tertiary/aromatic N) is 2. The number of carbonyl (C=O) groups is 1. The van der Waals surface area contributed by atoms with E-state index in [1.165, 1.54) is 6.07 Å². The van der Waals surface area contributed by atoms with Gasteiger partial charge in [0.25, 0.3) is 10.0 Å². The number of piperidine rings is 1. The van der Waals surface area contributed by atoms with Gasteiger partial charge in [-0.05, 0) is 36.6 Å². The molecule has 31 heavy (non-hydrogen) atoms. The van der Waals surface area contributed by atoms with Crippen LogP contribution >= 0.6 is 0 Å². The number of amides is 1. The summed E-state index contributed by atoms with van der Waals surface area (Å²) >= 11 is 0. The van der Waals surface area contributed by atoms with E-state index in [9.17, 15) is 17.6 Å². The fourth-order valence-electron chi connectivity index (χ4n) is 4.26. The van der Waals surface area contributed by atoms with E-state index in [0.29, 0.717) is 43.0 Å². The first-order valence-corrected chi connectivity index (χ1v) is 11.8. The van der Waals surface area contributed by atoms with Crippen LogP contribution in [0.25, 0.3) is 0 Å². The molecular weight excluding hydrogens is 417 g/mol. The highest BCUT2D eigenvalue weighted by molar-refractivity contribution is 7.90. The average Bonchev–Trinajstić information content (AvgIpc) is 3.04. The van der Waals surface area contributed by atoms with E-state index in [0.717, 1.165) is 6.42 Å². The third-order valence-electron chi connectivity index (χ3n) is 6.01. The van der Waals surface area contributed by atoms with Crippen molar-refractivity contribution >= 4 is 21.8 Å². The second kappa shape index (κ2) is 8.07. The Balaban J connectivity index is 1.45. The van der Waals surface area contributed by atoms with Crippen LogP contribution in [-0.4, -0.2) is 44.7 Å². The quantitative estimate of drug-likeness (QED) is 0.788. The molecule has 4 rings (SSSR count). The predicted octanol–water partition coefficient (Wildman–Crippen LogP) is 3.08. The van der Waals surface area contributed by atoms with Crippen molar-refractivity contribution < 1.29 is 17.6 Å². The Morgan fingerprint density at radius 1 is 1.19 bits per heavy atom. The lowest BCUT2D eigenvalue weighted by molar-refractivity contribution is -0.126. The molecule has 2 heterocycles. The second-order valence-electron chi connectivity index (χ2n) is 8.75. The highest BCUT2D eigenvalue weighted by Crippen LogP contribution is 2.30. The van der Waals surface area contributed by atoms with Crippen molar-refractivity contribution in [3.8, 4) is 0 Å². The van der Waals surface area contributed by atoms with Crippen LogP contribution in [0.4, 0.5) is 4.39 Å². The van der Waals surface area contributed by atoms with Crippen molar-refractivity contribution in [2.75, 3.05) is 19.6 Å². The minimum absolute atomic E-state index is 0.108. The monoisotopic (exact) mass is 443 g/mol. The second-order valence-corrected chi connectivity index (χ2v) is 10.3. The van der Waals surface area contributed by atoms with Gasteiger partial charge in [-0.2, -0.15) is 8.42 Å². The van der Waals surface area contributed by atoms with Crippen LogP contribution in [0, 0.1) is 11.7 Å². The molecule has 1 N–H and O–H groups in total. The van der Waals surface area contributed by atoms with E-state index in [1.54, 1.807) is 42.5 Å². The number of hydrogen-bond donors (Lipinski definition) is 1. The lowest BCUT2D eigenvalue weighted by Crippen LogP contribution is -2.47. The Morgan fingerprint density at radius 2 is 1.90 bits per heavy atom. The van der Waals surface area contributed by atoms with Crippen molar-refractivity contribution in [1.29, 1.82) is 0 Å². The summed E-state index contributed by atoms with van der Waals surface area (Å²) in [5.41, 5.74) is 0.588. The molecule has 1 saturated heterocycles. The molecule has 1 amide bonds. The predicted molar refractivity (Wildman–Crippen MR) is 117 cm³/mol. The van der Waals surface area contributed by atoms with Gasteiger partial charge < -0.3 is 10.2 Å². The molecule has 1 atom stereocenters. The summed E-state index contributed by atoms with van der Waals surface area (Å²) in [7, 11) is -3.70. The fraction of sp³-hybridized carbons (Fsp3) is 0.391. The lowest BCUT2D eigenvalue weighted by atomic mass is 9.84. The van der Waals surface area contributed by atoms with E-state index >= 15 is 0 Å². The SMILES string of the molecule is CC(C)(CNC(=O)C1CCCN(C2=NS(=O)(=O)c3ccccc32)C1)c1ccccc1F. The maximum Gasteiger partial charge on any atom is 0.285 e. The average molecular weight is 444 g/mol. The standard InChI is InChI=1S/C23H26FN3O3S/c1-23(2,18-10-4-5-11-19(18)24)15-25-22(28)16-8-7-13-27(14-16)21-17-9-3-6-12-20(17)31(29,30)26-21/h3-6,9-12,16H,7-8,13-15H2,1-2H3,(H,25,28). The molecule has 0 bridgehead atoms. The van der Waals surface area contributed by atoms with Crippen LogP contribution in [0.3, 0.4) is 0 Å². The van der Waals surface area contributed by atoms with Crippen LogP contribution in [-0.2, 0) is 20.2 Å². The number of benzene rings is 2. The summed E-state index contributed by atoms with van der Waals surface area (Å²) in [5, 5.41) is 2.97. The Kier molecular flexibility index (Phi) is 5.60. The maximum absolute atomic E-state index is 14.2. The summed E-state index contributed by atoms with van der Waals surface area (Å²) < 4.78 is 42.9. The molecule has 1 fully saturated rings. The fourth-order valence-corrected chi connectivity index (χ4v) is 5.49. The van der Waals surface area contributed by atoms with E-state index in [2.05, 4.69) is 9.71 Å². The maximum atomic E-state index is 14.2. The topological polar surface area (TPSA) is 78.8 Å². The molecule has 2 aliphatic rings. The highest BCUT2D eigenvalue weighted by atomic mass is 32.2. The molecule has 0 aromatic heterocycles. The lowest BCUT2D eigenvalue weighted by Gasteiger charge is -2.34. The van der Waals surface area contributed by atoms with Gasteiger partial charge >= 0.3 is 0 Å². The molecule has 2 aliphatic heterocycles. The number of halogens is 1. The van der Waals surface area contributed by atoms with Crippen molar-refractivity contribution in [3.05, 3.63) is 65.5 Å². The van der Waals surface area contributed by atoms with Gasteiger partial charge in [0.2, 0.25) is 5.91 Å². The zero-order valence-electron chi connectivity index (χ0n) is 17.6. The molecule has 164 valence electrons. The van der Waals surface area contributed by atoms with Gasteiger partial charge in [-0.3, -0.25) is 4.79 Å². The van der Waals surface area contributed by atoms with Crippen molar-refractivity contribution in [3.63, 3.8) is 0 Å². The van der Waals surface area contributed by atoms with Crippen molar-refractivity contribution in [1.82, 2.24) is 10.2 Å². The molecule has 8 heteroatoms. The number of nitrogens with one attached hydrogen (secondary N) is 1. The number of rotatable bonds is 4. The van der Waals surface area contributed by atoms with Gasteiger partial charge in [0, 0.05) is 30.6 Å². The van der Waals surface area contributed by atoms with Crippen LogP contribution in [0.15, 0.2) is 57.8 Å². The van der Waals surface area contributed by atoms with Crippen molar-refractivity contribution in [2.45, 2.75) is 37.0 Å². The first-order valence-electron chi connectivity index (χ1n) is 10.4. The molecular formula is C23H26FN3O3S. The Morgan fingerprint density at radius 3 is 2.68 bits per heavy atom. The van der Waals surface area contributed by atoms with Crippen LogP contribution in [0.1, 0.15) is 37.8 Å². The van der Waals surface area contributed by atoms with Gasteiger partial charge in [0.1, 0.15) is 10.7 Å². The molecule has 0 aliphatic carbocycles. The summed E-state index contributed by atoms with van der Waals surface area (Å²) in [6.45, 7) is 5.14. The number of amidine groups is 1. The van der Waals surface area contributed by atoms with Gasteiger partial charge in [-0.1, -0.05) is 44.2 Å². The summed E-state index contributed by atoms with van der Waals surface area (Å²) in [6.07, 6.45) is 1.47. The van der Waals surface area contributed by atoms with E-state index in [1.807, 2.05) is 18.7 Å². The van der Waals surface area contributed by atoms with Crippen LogP contribution in [0.2, 0.25) is 0 Å².